The highest BCUT2D eigenvalue weighted by Crippen LogP contribution is 2.43. The molecule has 0 aromatic rings. The summed E-state index contributed by atoms with van der Waals surface area (Å²) in [5.41, 5.74) is 0. The molecule has 0 aliphatic rings. The molecule has 2 atom stereocenters. The average Bonchev–Trinajstić information content (AvgIpc) is 3.58. The van der Waals surface area contributed by atoms with Gasteiger partial charge in [-0.05, 0) is 83.5 Å². The van der Waals surface area contributed by atoms with Gasteiger partial charge >= 0.3 is 19.8 Å². The molecule has 2 unspecified atom stereocenters. The average molecular weight is 1290 g/mol. The van der Waals surface area contributed by atoms with Gasteiger partial charge in [0.25, 0.3) is 0 Å². The third-order valence-corrected chi connectivity index (χ3v) is 18.5. The fourth-order valence-electron chi connectivity index (χ4n) is 11.5. The lowest BCUT2D eigenvalue weighted by Gasteiger charge is -2.24. The molecular weight excluding hydrogens is 1130 g/mol. The van der Waals surface area contributed by atoms with E-state index in [1.807, 2.05) is 21.1 Å². The van der Waals surface area contributed by atoms with Crippen molar-refractivity contribution in [3.05, 3.63) is 60.8 Å². The van der Waals surface area contributed by atoms with Gasteiger partial charge in [-0.15, -0.1) is 0 Å². The predicted molar refractivity (Wildman–Crippen MR) is 390 cm³/mol. The Labute approximate surface area is 559 Å². The fourth-order valence-corrected chi connectivity index (χ4v) is 12.3. The van der Waals surface area contributed by atoms with Gasteiger partial charge in [0.05, 0.1) is 27.7 Å². The van der Waals surface area contributed by atoms with Gasteiger partial charge in [-0.25, -0.2) is 4.57 Å². The number of carbonyl (C=O) groups excluding carboxylic acids is 2. The normalized spacial score (nSPS) is 13.4. The molecule has 1 N–H and O–H groups in total. The highest BCUT2D eigenvalue weighted by molar-refractivity contribution is 7.47. The van der Waals surface area contributed by atoms with Crippen LogP contribution in [0.15, 0.2) is 60.8 Å². The number of ether oxygens (including phenoxy) is 2. The molecule has 0 radical (unpaired) electrons. The van der Waals surface area contributed by atoms with Crippen molar-refractivity contribution >= 4 is 19.8 Å². The summed E-state index contributed by atoms with van der Waals surface area (Å²) in [5.74, 6) is -0.779. The van der Waals surface area contributed by atoms with Crippen molar-refractivity contribution < 1.29 is 42.1 Å². The number of nitrogens with zero attached hydrogens (tertiary/aromatic N) is 1. The van der Waals surface area contributed by atoms with Crippen LogP contribution in [0, 0.1) is 0 Å². The van der Waals surface area contributed by atoms with Gasteiger partial charge in [-0.2, -0.15) is 0 Å². The summed E-state index contributed by atoms with van der Waals surface area (Å²) in [6.45, 7) is 4.47. The van der Waals surface area contributed by atoms with Crippen molar-refractivity contribution in [2.75, 3.05) is 47.5 Å². The number of quaternary nitrogens is 1. The third kappa shape index (κ3) is 74.7. The minimum atomic E-state index is -4.39. The Morgan fingerprint density at radius 3 is 0.889 bits per heavy atom. The summed E-state index contributed by atoms with van der Waals surface area (Å²) in [5, 5.41) is 0. The minimum Gasteiger partial charge on any atom is -0.462 e. The van der Waals surface area contributed by atoms with Crippen LogP contribution in [-0.2, 0) is 32.7 Å². The first-order chi connectivity index (χ1) is 44.0. The summed E-state index contributed by atoms with van der Waals surface area (Å²) in [4.78, 5) is 36.0. The zero-order chi connectivity index (χ0) is 65.5. The van der Waals surface area contributed by atoms with Crippen molar-refractivity contribution in [3.8, 4) is 0 Å². The molecule has 90 heavy (non-hydrogen) atoms. The molecule has 0 rings (SSSR count). The first kappa shape index (κ1) is 87.7. The Balaban J connectivity index is 3.93. The van der Waals surface area contributed by atoms with Gasteiger partial charge in [-0.1, -0.05) is 351 Å². The first-order valence-corrected chi connectivity index (χ1v) is 40.5. The van der Waals surface area contributed by atoms with Crippen molar-refractivity contribution in [2.45, 2.75) is 392 Å². The summed E-state index contributed by atoms with van der Waals surface area (Å²) in [6, 6.07) is 0. The molecule has 0 aromatic carbocycles. The van der Waals surface area contributed by atoms with Crippen LogP contribution in [0.3, 0.4) is 0 Å². The maximum absolute atomic E-state index is 12.9. The van der Waals surface area contributed by atoms with E-state index in [2.05, 4.69) is 74.6 Å². The van der Waals surface area contributed by atoms with Gasteiger partial charge in [0.2, 0.25) is 0 Å². The molecule has 0 saturated carbocycles. The van der Waals surface area contributed by atoms with Crippen LogP contribution in [0.4, 0.5) is 0 Å². The van der Waals surface area contributed by atoms with E-state index in [-0.39, 0.29) is 25.6 Å². The highest BCUT2D eigenvalue weighted by Gasteiger charge is 2.27. The molecule has 0 amide bonds. The number of phosphoric acid groups is 1. The molecule has 10 heteroatoms. The second kappa shape index (κ2) is 71.0. The maximum Gasteiger partial charge on any atom is 0.472 e. The van der Waals surface area contributed by atoms with Crippen molar-refractivity contribution in [3.63, 3.8) is 0 Å². The maximum atomic E-state index is 12.9. The summed E-state index contributed by atoms with van der Waals surface area (Å²) < 4.78 is 34.8. The number of phosphoric ester groups is 1. The van der Waals surface area contributed by atoms with Crippen LogP contribution in [0.5, 0.6) is 0 Å². The van der Waals surface area contributed by atoms with Gasteiger partial charge in [0, 0.05) is 12.8 Å². The van der Waals surface area contributed by atoms with Crippen LogP contribution in [0.1, 0.15) is 386 Å². The zero-order valence-corrected chi connectivity index (χ0v) is 61.3. The quantitative estimate of drug-likeness (QED) is 0.0211. The first-order valence-electron chi connectivity index (χ1n) is 39.0. The molecule has 0 fully saturated rings. The fraction of sp³-hybridized carbons (Fsp3) is 0.850. The van der Waals surface area contributed by atoms with Gasteiger partial charge in [0.1, 0.15) is 19.8 Å². The Kier molecular flexibility index (Phi) is 69.2. The number of likely N-dealkylation sites (N-methyl/N-ethyl adjacent to an activating group) is 1. The van der Waals surface area contributed by atoms with E-state index in [4.69, 9.17) is 18.5 Å². The summed E-state index contributed by atoms with van der Waals surface area (Å²) >= 11 is 0. The van der Waals surface area contributed by atoms with E-state index in [9.17, 15) is 19.0 Å². The van der Waals surface area contributed by atoms with Crippen LogP contribution in [-0.4, -0.2) is 74.9 Å². The number of allylic oxidation sites excluding steroid dienone is 10. The molecule has 0 spiro atoms. The van der Waals surface area contributed by atoms with E-state index in [1.165, 1.54) is 302 Å². The second-order valence-electron chi connectivity index (χ2n) is 27.7. The lowest BCUT2D eigenvalue weighted by Crippen LogP contribution is -2.37. The smallest absolute Gasteiger partial charge is 0.462 e. The van der Waals surface area contributed by atoms with Crippen molar-refractivity contribution in [2.24, 2.45) is 0 Å². The van der Waals surface area contributed by atoms with E-state index < -0.39 is 26.5 Å². The lowest BCUT2D eigenvalue weighted by molar-refractivity contribution is -0.870. The molecule has 9 nitrogen and oxygen atoms in total. The molecule has 0 aromatic heterocycles. The Bertz CT molecular complexity index is 1700. The number of hydrogen-bond donors (Lipinski definition) is 1. The number of hydrogen-bond acceptors (Lipinski definition) is 7. The van der Waals surface area contributed by atoms with Crippen LogP contribution in [0.25, 0.3) is 0 Å². The van der Waals surface area contributed by atoms with Crippen LogP contribution in [0.2, 0.25) is 0 Å². The van der Waals surface area contributed by atoms with Gasteiger partial charge in [-0.3, -0.25) is 18.6 Å². The SMILES string of the molecule is CCCCCCC/C=C\C/C=C\C/C=C\CCCCCCCCCCCCCCCCC(=O)OC(COC(=O)CCCCCCCCCCCCCCCCCCCCCCCCCCC/C=C\C/C=C\CCCCCCC)COP(=O)(O)OCC[N+](C)(C)C. The molecule has 0 bridgehead atoms. The minimum absolute atomic E-state index is 0.0328. The molecule has 0 aliphatic carbocycles. The molecule has 0 saturated heterocycles. The Hall–Kier alpha value is -2.29. The topological polar surface area (TPSA) is 108 Å². The number of unbranched alkanes of at least 4 members (excludes halogenated alkanes) is 49. The number of rotatable bonds is 73. The monoisotopic (exact) mass is 1290 g/mol. The standard InChI is InChI=1S/C80H150NO8P/c1-6-8-10-12-14-16-18-20-22-24-26-28-30-32-34-36-37-38-39-40-41-42-43-45-46-48-50-52-54-56-58-60-62-64-66-68-70-72-79(82)86-76-78(77-88-90(84,85)87-75-74-81(3,4)5)89-80(83)73-71-69-67-65-63-61-59-57-55-53-51-49-47-44-35-33-31-29-27-25-23-21-19-17-15-13-11-9-7-2/h18-21,24-27,31,33,78H,6-17,22-23,28-30,32,34-77H2,1-5H3/p+1/b20-18-,21-19-,26-24-,27-25-,33-31-. The second-order valence-corrected chi connectivity index (χ2v) is 29.2. The molecule has 0 aliphatic heterocycles. The van der Waals surface area contributed by atoms with E-state index in [0.29, 0.717) is 23.9 Å². The third-order valence-electron chi connectivity index (χ3n) is 17.5. The lowest BCUT2D eigenvalue weighted by atomic mass is 10.0. The van der Waals surface area contributed by atoms with E-state index in [0.717, 1.165) is 51.4 Å². The van der Waals surface area contributed by atoms with Crippen molar-refractivity contribution in [1.82, 2.24) is 0 Å². The van der Waals surface area contributed by atoms with Gasteiger partial charge < -0.3 is 18.9 Å². The van der Waals surface area contributed by atoms with E-state index >= 15 is 0 Å². The zero-order valence-electron chi connectivity index (χ0n) is 60.4. The highest BCUT2D eigenvalue weighted by atomic mass is 31.2. The number of carbonyl (C=O) groups is 2. The van der Waals surface area contributed by atoms with Gasteiger partial charge in [0.15, 0.2) is 6.10 Å². The largest absolute Gasteiger partial charge is 0.472 e. The Morgan fingerprint density at radius 1 is 0.344 bits per heavy atom. The van der Waals surface area contributed by atoms with Crippen LogP contribution >= 0.6 is 7.82 Å². The Morgan fingerprint density at radius 2 is 0.600 bits per heavy atom. The van der Waals surface area contributed by atoms with Crippen molar-refractivity contribution in [1.29, 1.82) is 0 Å². The van der Waals surface area contributed by atoms with E-state index in [1.54, 1.807) is 0 Å². The molecule has 528 valence electrons. The molecular formula is C80H151NO8P+. The summed E-state index contributed by atoms with van der Waals surface area (Å²) in [7, 11) is 1.49. The molecule has 0 heterocycles. The van der Waals surface area contributed by atoms with Crippen LogP contribution < -0.4 is 0 Å². The predicted octanol–water partition coefficient (Wildman–Crippen LogP) is 25.7. The number of esters is 2. The summed E-state index contributed by atoms with van der Waals surface area (Å²) in [6.07, 6.45) is 95.0.